The summed E-state index contributed by atoms with van der Waals surface area (Å²) in [6.45, 7) is -0.253. The summed E-state index contributed by atoms with van der Waals surface area (Å²) in [7, 11) is 5.05. The van der Waals surface area contributed by atoms with Crippen molar-refractivity contribution in [2.75, 3.05) is 28.4 Å². The summed E-state index contributed by atoms with van der Waals surface area (Å²) in [5.41, 5.74) is 4.72. The van der Waals surface area contributed by atoms with E-state index in [-0.39, 0.29) is 13.0 Å². The van der Waals surface area contributed by atoms with Gasteiger partial charge < -0.3 is 44.6 Å². The van der Waals surface area contributed by atoms with Gasteiger partial charge in [0, 0.05) is 18.1 Å². The van der Waals surface area contributed by atoms with Crippen LogP contribution < -0.4 is 20.3 Å². The Kier molecular flexibility index (Phi) is 13.9. The van der Waals surface area contributed by atoms with Crippen LogP contribution in [0.1, 0.15) is 11.1 Å². The van der Waals surface area contributed by atoms with Crippen molar-refractivity contribution in [2.24, 2.45) is 5.92 Å². The van der Waals surface area contributed by atoms with Gasteiger partial charge in [-0.1, -0.05) is 30.3 Å². The highest BCUT2D eigenvalue weighted by atomic mass is 19.4. The number of amides is 1. The molecule has 13 nitrogen and oxygen atoms in total. The van der Waals surface area contributed by atoms with E-state index in [2.05, 4.69) is 10.5 Å². The van der Waals surface area contributed by atoms with Crippen LogP contribution in [0.25, 0.3) is 0 Å². The number of hydrogen-bond donors (Lipinski definition) is 2. The standard InChI is InChI=1S/C25H30N2O9.C2HF3O2/c1-33-17-11-10-16(19(13-17)34-2)14-27(18(23(29)30)12-15-8-6-5-7-9-15)22(28)20(24(31)35-3)21(26)25(32)36-4;3-2(4,5)1(6)7/h5-11,13,18,20-21H,12,14,26H2,1-4H3,(H,29,30);(H,6,7). The van der Waals surface area contributed by atoms with Gasteiger partial charge >= 0.3 is 24.1 Å². The summed E-state index contributed by atoms with van der Waals surface area (Å²) >= 11 is 0. The fourth-order valence-electron chi connectivity index (χ4n) is 3.71. The molecule has 0 bridgehead atoms. The lowest BCUT2D eigenvalue weighted by Gasteiger charge is -2.32. The maximum Gasteiger partial charge on any atom is 0.430 e. The molecule has 2 aromatic rings. The summed E-state index contributed by atoms with van der Waals surface area (Å²) in [5, 5.41) is 18.9. The number of nitrogens with zero attached hydrogens (tertiary/aromatic N) is 1. The molecule has 0 saturated heterocycles. The van der Waals surface area contributed by atoms with Crippen molar-refractivity contribution < 1.29 is 72.0 Å². The zero-order chi connectivity index (χ0) is 32.9. The van der Waals surface area contributed by atoms with Crippen molar-refractivity contribution >= 4 is 29.8 Å². The predicted octanol–water partition coefficient (Wildman–Crippen LogP) is -0.400. The highest BCUT2D eigenvalue weighted by Gasteiger charge is 2.46. The number of carbonyl (C=O) groups excluding carboxylic acids is 4. The van der Waals surface area contributed by atoms with Gasteiger partial charge in [-0.2, -0.15) is 13.2 Å². The predicted molar refractivity (Wildman–Crippen MR) is 137 cm³/mol. The zero-order valence-corrected chi connectivity index (χ0v) is 23.6. The summed E-state index contributed by atoms with van der Waals surface area (Å²) in [6.07, 6.45) is -5.26. The van der Waals surface area contributed by atoms with Crippen LogP contribution in [0.3, 0.4) is 0 Å². The molecule has 1 amide bonds. The summed E-state index contributed by atoms with van der Waals surface area (Å²) in [6, 6.07) is 10.7. The fourth-order valence-corrected chi connectivity index (χ4v) is 3.71. The van der Waals surface area contributed by atoms with Crippen molar-refractivity contribution in [3.05, 3.63) is 59.7 Å². The topological polar surface area (TPSA) is 196 Å². The number of quaternary nitrogens is 1. The van der Waals surface area contributed by atoms with Crippen molar-refractivity contribution in [2.45, 2.75) is 31.2 Å². The first-order valence-electron chi connectivity index (χ1n) is 12.2. The summed E-state index contributed by atoms with van der Waals surface area (Å²) in [5.74, 6) is -8.13. The molecule has 236 valence electrons. The van der Waals surface area contributed by atoms with E-state index in [0.717, 1.165) is 19.1 Å². The van der Waals surface area contributed by atoms with E-state index in [9.17, 15) is 37.5 Å². The molecule has 4 N–H and O–H groups in total. The number of benzene rings is 2. The molecular weight excluding hydrogens is 585 g/mol. The number of ether oxygens (including phenoxy) is 4. The van der Waals surface area contributed by atoms with Crippen LogP contribution in [0.2, 0.25) is 0 Å². The molecule has 2 rings (SSSR count). The molecule has 0 radical (unpaired) electrons. The van der Waals surface area contributed by atoms with E-state index in [1.807, 2.05) is 0 Å². The van der Waals surface area contributed by atoms with Gasteiger partial charge in [0.1, 0.15) is 23.5 Å². The second kappa shape index (κ2) is 16.5. The average Bonchev–Trinajstić information content (AvgIpc) is 2.98. The van der Waals surface area contributed by atoms with Gasteiger partial charge in [0.2, 0.25) is 11.9 Å². The van der Waals surface area contributed by atoms with E-state index in [4.69, 9.17) is 24.1 Å². The van der Waals surface area contributed by atoms with Gasteiger partial charge in [0.05, 0.1) is 35.0 Å². The molecule has 0 spiro atoms. The minimum absolute atomic E-state index is 0.0612. The van der Waals surface area contributed by atoms with Crippen molar-refractivity contribution in [3.63, 3.8) is 0 Å². The number of carboxylic acid groups (broad SMARTS) is 2. The molecule has 2 aromatic carbocycles. The van der Waals surface area contributed by atoms with Crippen LogP contribution in [-0.4, -0.2) is 86.5 Å². The van der Waals surface area contributed by atoms with Gasteiger partial charge in [-0.25, -0.2) is 9.59 Å². The first kappa shape index (κ1) is 36.2. The molecule has 0 aliphatic rings. The molecular formula is C27H31F3N2O11. The normalized spacial score (nSPS) is 12.7. The maximum atomic E-state index is 13.8. The monoisotopic (exact) mass is 616 g/mol. The van der Waals surface area contributed by atoms with Gasteiger partial charge in [0.25, 0.3) is 0 Å². The number of hydrogen-bond acceptors (Lipinski definition) is 10. The van der Waals surface area contributed by atoms with E-state index in [1.165, 1.54) is 14.2 Å². The SMILES string of the molecule is COC(=O)C([NH3+])C(C(=O)OC)C(=O)N(Cc1ccc(OC)cc1OC)C(Cc1ccccc1)C(=O)O.O=C([O-])C(F)(F)F. The zero-order valence-electron chi connectivity index (χ0n) is 23.6. The van der Waals surface area contributed by atoms with Crippen LogP contribution in [0.15, 0.2) is 48.5 Å². The first-order chi connectivity index (χ1) is 20.1. The number of esters is 2. The van der Waals surface area contributed by atoms with E-state index < -0.39 is 54.0 Å². The molecule has 0 fully saturated rings. The highest BCUT2D eigenvalue weighted by Crippen LogP contribution is 2.28. The third-order valence-corrected chi connectivity index (χ3v) is 5.91. The van der Waals surface area contributed by atoms with E-state index >= 15 is 0 Å². The fraction of sp³-hybridized carbons (Fsp3) is 0.370. The van der Waals surface area contributed by atoms with Gasteiger partial charge in [0.15, 0.2) is 5.92 Å². The molecule has 0 heterocycles. The smallest absolute Gasteiger partial charge is 0.430 e. The minimum Gasteiger partial charge on any atom is -0.542 e. The van der Waals surface area contributed by atoms with Gasteiger partial charge in [-0.3, -0.25) is 9.59 Å². The average molecular weight is 617 g/mol. The van der Waals surface area contributed by atoms with Crippen LogP contribution in [0.5, 0.6) is 11.5 Å². The molecule has 3 atom stereocenters. The third kappa shape index (κ3) is 10.5. The second-order valence-electron chi connectivity index (χ2n) is 8.60. The molecule has 43 heavy (non-hydrogen) atoms. The lowest BCUT2D eigenvalue weighted by atomic mass is 9.95. The van der Waals surface area contributed by atoms with Crippen LogP contribution in [-0.2, 0) is 46.4 Å². The Morgan fingerprint density at radius 1 is 0.930 bits per heavy atom. The largest absolute Gasteiger partial charge is 0.542 e. The number of aliphatic carboxylic acids is 2. The Balaban J connectivity index is 0.00000117. The summed E-state index contributed by atoms with van der Waals surface area (Å²) in [4.78, 5) is 60.9. The number of carbonyl (C=O) groups is 5. The lowest BCUT2D eigenvalue weighted by molar-refractivity contribution is -0.415. The first-order valence-corrected chi connectivity index (χ1v) is 12.2. The van der Waals surface area contributed by atoms with Gasteiger partial charge in [-0.05, 0) is 17.7 Å². The number of carboxylic acids is 2. The number of rotatable bonds is 12. The van der Waals surface area contributed by atoms with Crippen LogP contribution >= 0.6 is 0 Å². The molecule has 0 aliphatic carbocycles. The van der Waals surface area contributed by atoms with Crippen molar-refractivity contribution in [1.29, 1.82) is 0 Å². The number of alkyl halides is 3. The van der Waals surface area contributed by atoms with E-state index in [0.29, 0.717) is 22.6 Å². The van der Waals surface area contributed by atoms with Crippen molar-refractivity contribution in [3.8, 4) is 11.5 Å². The lowest BCUT2D eigenvalue weighted by Crippen LogP contribution is -2.72. The molecule has 0 aliphatic heterocycles. The Morgan fingerprint density at radius 2 is 1.49 bits per heavy atom. The van der Waals surface area contributed by atoms with Crippen LogP contribution in [0.4, 0.5) is 13.2 Å². The summed E-state index contributed by atoms with van der Waals surface area (Å²) < 4.78 is 51.6. The van der Waals surface area contributed by atoms with Crippen LogP contribution in [0, 0.1) is 5.92 Å². The minimum atomic E-state index is -5.19. The Morgan fingerprint density at radius 3 is 1.93 bits per heavy atom. The molecule has 3 unspecified atom stereocenters. The highest BCUT2D eigenvalue weighted by molar-refractivity contribution is 6.03. The number of halogens is 3. The molecule has 0 aromatic heterocycles. The maximum absolute atomic E-state index is 13.8. The molecule has 0 saturated carbocycles. The van der Waals surface area contributed by atoms with Crippen molar-refractivity contribution in [1.82, 2.24) is 4.90 Å². The van der Waals surface area contributed by atoms with E-state index in [1.54, 1.807) is 48.5 Å². The molecule has 16 heteroatoms. The Hall–Kier alpha value is -4.86. The Labute approximate surface area is 243 Å². The Bertz CT molecular complexity index is 1270. The van der Waals surface area contributed by atoms with Gasteiger partial charge in [-0.15, -0.1) is 0 Å². The third-order valence-electron chi connectivity index (χ3n) is 5.91. The number of methoxy groups -OCH3 is 4. The quantitative estimate of drug-likeness (QED) is 0.233. The second-order valence-corrected chi connectivity index (χ2v) is 8.60.